The van der Waals surface area contributed by atoms with Crippen LogP contribution < -0.4 is 9.64 Å². The smallest absolute Gasteiger partial charge is 0.306 e. The monoisotopic (exact) mass is 516 g/mol. The molecule has 0 saturated carbocycles. The van der Waals surface area contributed by atoms with Crippen molar-refractivity contribution in [3.8, 4) is 23.0 Å². The predicted octanol–water partition coefficient (Wildman–Crippen LogP) is 3.51. The molecule has 1 aliphatic rings. The molecule has 0 bridgehead atoms. The number of aryl methyl sites for hydroxylation is 2. The van der Waals surface area contributed by atoms with Crippen molar-refractivity contribution in [2.45, 2.75) is 39.7 Å². The van der Waals surface area contributed by atoms with E-state index in [1.165, 1.54) is 0 Å². The van der Waals surface area contributed by atoms with E-state index >= 15 is 0 Å². The Hall–Kier alpha value is -4.28. The Morgan fingerprint density at radius 2 is 2.11 bits per heavy atom. The molecule has 198 valence electrons. The topological polar surface area (TPSA) is 113 Å². The van der Waals surface area contributed by atoms with Crippen molar-refractivity contribution in [2.75, 3.05) is 24.6 Å². The molecule has 11 nitrogen and oxygen atoms in total. The maximum absolute atomic E-state index is 12.0. The van der Waals surface area contributed by atoms with Crippen LogP contribution in [0, 0.1) is 12.8 Å². The lowest BCUT2D eigenvalue weighted by atomic mass is 9.94. The van der Waals surface area contributed by atoms with E-state index in [2.05, 4.69) is 31.4 Å². The van der Waals surface area contributed by atoms with Gasteiger partial charge in [0.25, 0.3) is 0 Å². The second kappa shape index (κ2) is 11.4. The van der Waals surface area contributed by atoms with Gasteiger partial charge in [0.1, 0.15) is 18.0 Å². The second-order valence-electron chi connectivity index (χ2n) is 9.36. The maximum atomic E-state index is 12.0. The van der Waals surface area contributed by atoms with Gasteiger partial charge in [-0.1, -0.05) is 5.21 Å². The zero-order chi connectivity index (χ0) is 26.5. The summed E-state index contributed by atoms with van der Waals surface area (Å²) in [5.41, 5.74) is 5.04. The van der Waals surface area contributed by atoms with Crippen LogP contribution in [0.25, 0.3) is 17.1 Å². The van der Waals surface area contributed by atoms with Crippen LogP contribution in [0.4, 0.5) is 5.69 Å². The van der Waals surface area contributed by atoms with Crippen molar-refractivity contribution in [3.63, 3.8) is 0 Å². The molecule has 5 heterocycles. The van der Waals surface area contributed by atoms with E-state index < -0.39 is 0 Å². The Balaban J connectivity index is 1.30. The third kappa shape index (κ3) is 5.66. The van der Waals surface area contributed by atoms with E-state index in [-0.39, 0.29) is 18.5 Å². The zero-order valence-corrected chi connectivity index (χ0v) is 21.9. The minimum atomic E-state index is -0.120. The van der Waals surface area contributed by atoms with E-state index in [0.29, 0.717) is 24.6 Å². The molecule has 1 saturated heterocycles. The first-order valence-corrected chi connectivity index (χ1v) is 12.9. The standard InChI is InChI=1S/C27H32N8O3/c1-4-37-26(36)15-20-7-5-13-34(17-20)23-9-8-22(30-19(23)2)27-24(33(3)32-31-27)18-38-25-16-21(10-12-28-25)35-14-6-11-29-35/h6,8-12,14,16,20H,4-5,7,13,15,17-18H2,1-3H3/t20-/m1/s1. The predicted molar refractivity (Wildman–Crippen MR) is 141 cm³/mol. The van der Waals surface area contributed by atoms with Crippen LogP contribution in [0.5, 0.6) is 5.88 Å². The first-order valence-electron chi connectivity index (χ1n) is 12.9. The van der Waals surface area contributed by atoms with Crippen LogP contribution in [-0.2, 0) is 23.2 Å². The third-order valence-corrected chi connectivity index (χ3v) is 6.71. The molecule has 4 aromatic rings. The molecule has 0 radical (unpaired) electrons. The van der Waals surface area contributed by atoms with Crippen LogP contribution in [0.15, 0.2) is 48.9 Å². The SMILES string of the molecule is CCOC(=O)C[C@H]1CCCN(c2ccc(-c3nnn(C)c3COc3cc(-n4cccn4)ccn3)nc2C)C1. The van der Waals surface area contributed by atoms with Gasteiger partial charge in [0.2, 0.25) is 5.88 Å². The van der Waals surface area contributed by atoms with Crippen LogP contribution in [0.2, 0.25) is 0 Å². The molecule has 4 aromatic heterocycles. The van der Waals surface area contributed by atoms with Crippen LogP contribution in [0.3, 0.4) is 0 Å². The number of rotatable bonds is 9. The maximum Gasteiger partial charge on any atom is 0.306 e. The summed E-state index contributed by atoms with van der Waals surface area (Å²) in [6, 6.07) is 9.62. The lowest BCUT2D eigenvalue weighted by Gasteiger charge is -2.34. The van der Waals surface area contributed by atoms with E-state index in [1.54, 1.807) is 21.8 Å². The van der Waals surface area contributed by atoms with Gasteiger partial charge in [0, 0.05) is 44.8 Å². The molecule has 0 aromatic carbocycles. The molecule has 0 unspecified atom stereocenters. The van der Waals surface area contributed by atoms with Gasteiger partial charge >= 0.3 is 5.97 Å². The highest BCUT2D eigenvalue weighted by molar-refractivity contribution is 5.70. The number of anilines is 1. The van der Waals surface area contributed by atoms with Crippen molar-refractivity contribution < 1.29 is 14.3 Å². The number of piperidine rings is 1. The molecule has 1 atom stereocenters. The number of hydrogen-bond acceptors (Lipinski definition) is 9. The summed E-state index contributed by atoms with van der Waals surface area (Å²) in [5.74, 6) is 0.642. The molecule has 38 heavy (non-hydrogen) atoms. The number of hydrogen-bond donors (Lipinski definition) is 0. The summed E-state index contributed by atoms with van der Waals surface area (Å²) in [7, 11) is 1.83. The van der Waals surface area contributed by atoms with E-state index in [1.807, 2.05) is 51.4 Å². The number of ether oxygens (including phenoxy) is 2. The number of carbonyl (C=O) groups excluding carboxylic acids is 1. The van der Waals surface area contributed by atoms with Gasteiger partial charge in [0.05, 0.1) is 35.8 Å². The lowest BCUT2D eigenvalue weighted by Crippen LogP contribution is -2.37. The van der Waals surface area contributed by atoms with Crippen molar-refractivity contribution in [1.29, 1.82) is 0 Å². The van der Waals surface area contributed by atoms with Crippen LogP contribution >= 0.6 is 0 Å². The number of nitrogens with zero attached hydrogens (tertiary/aromatic N) is 8. The molecule has 1 fully saturated rings. The Bertz CT molecular complexity index is 1380. The highest BCUT2D eigenvalue weighted by Crippen LogP contribution is 2.30. The van der Waals surface area contributed by atoms with Crippen molar-refractivity contribution in [2.24, 2.45) is 13.0 Å². The Labute approximate surface area is 221 Å². The summed E-state index contributed by atoms with van der Waals surface area (Å²) in [4.78, 5) is 23.5. The summed E-state index contributed by atoms with van der Waals surface area (Å²) >= 11 is 0. The molecule has 0 N–H and O–H groups in total. The fourth-order valence-electron chi connectivity index (χ4n) is 4.85. The Kier molecular flexibility index (Phi) is 7.62. The van der Waals surface area contributed by atoms with Crippen molar-refractivity contribution in [3.05, 3.63) is 60.3 Å². The number of aromatic nitrogens is 7. The summed E-state index contributed by atoms with van der Waals surface area (Å²) in [5, 5.41) is 12.8. The molecular formula is C27H32N8O3. The minimum absolute atomic E-state index is 0.120. The fourth-order valence-corrected chi connectivity index (χ4v) is 4.85. The van der Waals surface area contributed by atoms with Gasteiger partial charge in [-0.05, 0) is 56.9 Å². The normalized spacial score (nSPS) is 15.4. The minimum Gasteiger partial charge on any atom is -0.471 e. The van der Waals surface area contributed by atoms with Crippen molar-refractivity contribution >= 4 is 11.7 Å². The summed E-state index contributed by atoms with van der Waals surface area (Å²) in [6.45, 7) is 6.26. The van der Waals surface area contributed by atoms with Gasteiger partial charge in [0.15, 0.2) is 0 Å². The molecule has 1 aliphatic heterocycles. The average molecular weight is 517 g/mol. The van der Waals surface area contributed by atoms with Crippen LogP contribution in [-0.4, -0.2) is 60.4 Å². The quantitative estimate of drug-likeness (QED) is 0.308. The zero-order valence-electron chi connectivity index (χ0n) is 21.9. The Morgan fingerprint density at radius 1 is 1.21 bits per heavy atom. The number of pyridine rings is 2. The van der Waals surface area contributed by atoms with Gasteiger partial charge in [-0.25, -0.2) is 19.3 Å². The van der Waals surface area contributed by atoms with E-state index in [4.69, 9.17) is 14.5 Å². The van der Waals surface area contributed by atoms with Gasteiger partial charge in [-0.15, -0.1) is 5.10 Å². The van der Waals surface area contributed by atoms with Gasteiger partial charge < -0.3 is 14.4 Å². The molecule has 5 rings (SSSR count). The molecule has 0 spiro atoms. The summed E-state index contributed by atoms with van der Waals surface area (Å²) in [6.07, 6.45) is 7.80. The largest absolute Gasteiger partial charge is 0.471 e. The summed E-state index contributed by atoms with van der Waals surface area (Å²) < 4.78 is 14.6. The second-order valence-corrected chi connectivity index (χ2v) is 9.36. The first-order chi connectivity index (χ1) is 18.5. The number of esters is 1. The highest BCUT2D eigenvalue weighted by atomic mass is 16.5. The first kappa shape index (κ1) is 25.4. The Morgan fingerprint density at radius 3 is 2.89 bits per heavy atom. The molecule has 0 aliphatic carbocycles. The van der Waals surface area contributed by atoms with Crippen LogP contribution in [0.1, 0.15) is 37.6 Å². The average Bonchev–Trinajstić information content (AvgIpc) is 3.58. The third-order valence-electron chi connectivity index (χ3n) is 6.71. The van der Waals surface area contributed by atoms with E-state index in [9.17, 15) is 4.79 Å². The lowest BCUT2D eigenvalue weighted by molar-refractivity contribution is -0.144. The molecule has 0 amide bonds. The van der Waals surface area contributed by atoms with Gasteiger partial charge in [-0.2, -0.15) is 5.10 Å². The number of carbonyl (C=O) groups is 1. The molecular weight excluding hydrogens is 484 g/mol. The highest BCUT2D eigenvalue weighted by Gasteiger charge is 2.25. The van der Waals surface area contributed by atoms with Gasteiger partial charge in [-0.3, -0.25) is 4.79 Å². The fraction of sp³-hybridized carbons (Fsp3) is 0.407. The molecule has 11 heteroatoms. The van der Waals surface area contributed by atoms with Crippen molar-refractivity contribution in [1.82, 2.24) is 34.7 Å². The van der Waals surface area contributed by atoms with E-state index in [0.717, 1.165) is 54.4 Å².